The van der Waals surface area contributed by atoms with Crippen LogP contribution in [0.5, 0.6) is 0 Å². The Kier molecular flexibility index (Phi) is 9.82. The number of carbonyl (C=O) groups excluding carboxylic acids is 3. The van der Waals surface area contributed by atoms with Gasteiger partial charge in [-0.25, -0.2) is 9.59 Å². The highest BCUT2D eigenvalue weighted by Gasteiger charge is 2.31. The number of methoxy groups -OCH3 is 1. The fraction of sp³-hybridized carbons (Fsp3) is 0.346. The first-order valence-electron chi connectivity index (χ1n) is 10.9. The zero-order valence-corrected chi connectivity index (χ0v) is 19.9. The van der Waals surface area contributed by atoms with Crippen molar-refractivity contribution in [1.29, 1.82) is 0 Å². The molecule has 8 heteroatoms. The van der Waals surface area contributed by atoms with Crippen molar-refractivity contribution in [1.82, 2.24) is 10.6 Å². The lowest BCUT2D eigenvalue weighted by Gasteiger charge is -2.25. The maximum atomic E-state index is 12.9. The zero-order chi connectivity index (χ0) is 25.1. The van der Waals surface area contributed by atoms with Crippen molar-refractivity contribution >= 4 is 24.0 Å². The summed E-state index contributed by atoms with van der Waals surface area (Å²) in [5.74, 6) is -1.49. The van der Waals surface area contributed by atoms with Gasteiger partial charge in [-0.3, -0.25) is 4.79 Å². The number of ether oxygens (including phenoxy) is 2. The molecule has 0 saturated carbocycles. The fourth-order valence-electron chi connectivity index (χ4n) is 3.06. The average molecular weight is 469 g/mol. The first-order valence-corrected chi connectivity index (χ1v) is 10.9. The smallest absolute Gasteiger partial charge is 0.408 e. The molecule has 8 nitrogen and oxygen atoms in total. The Morgan fingerprint density at radius 3 is 2.12 bits per heavy atom. The second kappa shape index (κ2) is 12.6. The minimum atomic E-state index is -1.70. The second-order valence-electron chi connectivity index (χ2n) is 8.66. The quantitative estimate of drug-likeness (QED) is 0.488. The Labute approximate surface area is 200 Å². The summed E-state index contributed by atoms with van der Waals surface area (Å²) >= 11 is 0. The van der Waals surface area contributed by atoms with Gasteiger partial charge in [0.2, 0.25) is 0 Å². The molecule has 0 unspecified atom stereocenters. The monoisotopic (exact) mass is 468 g/mol. The van der Waals surface area contributed by atoms with E-state index in [-0.39, 0.29) is 6.42 Å². The van der Waals surface area contributed by atoms with Crippen molar-refractivity contribution in [2.24, 2.45) is 0 Å². The molecular formula is C26H32N2O6. The maximum Gasteiger partial charge on any atom is 0.408 e. The van der Waals surface area contributed by atoms with Gasteiger partial charge >= 0.3 is 12.1 Å². The van der Waals surface area contributed by atoms with Gasteiger partial charge in [0.05, 0.1) is 13.2 Å². The number of amides is 2. The molecule has 2 amide bonds. The molecule has 2 rings (SSSR count). The number of rotatable bonds is 9. The van der Waals surface area contributed by atoms with E-state index in [9.17, 15) is 19.5 Å². The van der Waals surface area contributed by atoms with Crippen LogP contribution in [0, 0.1) is 0 Å². The van der Waals surface area contributed by atoms with E-state index in [1.165, 1.54) is 13.2 Å². The van der Waals surface area contributed by atoms with Crippen LogP contribution in [-0.2, 0) is 25.5 Å². The molecule has 0 bridgehead atoms. The number of esters is 1. The van der Waals surface area contributed by atoms with Crippen LogP contribution in [0.25, 0.3) is 6.08 Å². The van der Waals surface area contributed by atoms with Crippen LogP contribution in [0.4, 0.5) is 4.79 Å². The van der Waals surface area contributed by atoms with Gasteiger partial charge in [0.1, 0.15) is 11.6 Å². The van der Waals surface area contributed by atoms with E-state index in [0.29, 0.717) is 0 Å². The lowest BCUT2D eigenvalue weighted by molar-refractivity contribution is -0.146. The number of alkyl carbamates (subject to hydrolysis) is 1. The third-order valence-corrected chi connectivity index (χ3v) is 4.67. The largest absolute Gasteiger partial charge is 0.467 e. The van der Waals surface area contributed by atoms with Crippen LogP contribution < -0.4 is 10.6 Å². The van der Waals surface area contributed by atoms with Crippen LogP contribution in [-0.4, -0.2) is 54.0 Å². The lowest BCUT2D eigenvalue weighted by Crippen LogP contribution is -2.54. The summed E-state index contributed by atoms with van der Waals surface area (Å²) in [5, 5.41) is 15.8. The number of aliphatic hydroxyl groups excluding tert-OH is 1. The Balaban J connectivity index is 2.19. The van der Waals surface area contributed by atoms with E-state index in [2.05, 4.69) is 10.6 Å². The first kappa shape index (κ1) is 26.6. The molecule has 0 aliphatic heterocycles. The van der Waals surface area contributed by atoms with Crippen molar-refractivity contribution in [2.45, 2.75) is 51.0 Å². The Morgan fingerprint density at radius 2 is 1.56 bits per heavy atom. The summed E-state index contributed by atoms with van der Waals surface area (Å²) in [6.07, 6.45) is 0.843. The Hall–Kier alpha value is -3.65. The van der Waals surface area contributed by atoms with Gasteiger partial charge in [0.15, 0.2) is 6.10 Å². The molecule has 0 aliphatic carbocycles. The lowest BCUT2D eigenvalue weighted by atomic mass is 10.0. The van der Waals surface area contributed by atoms with Gasteiger partial charge in [-0.15, -0.1) is 0 Å². The minimum Gasteiger partial charge on any atom is -0.467 e. The average Bonchev–Trinajstić information content (AvgIpc) is 2.80. The number of hydrogen-bond acceptors (Lipinski definition) is 6. The fourth-order valence-corrected chi connectivity index (χ4v) is 3.06. The van der Waals surface area contributed by atoms with Gasteiger partial charge in [-0.1, -0.05) is 72.8 Å². The summed E-state index contributed by atoms with van der Waals surface area (Å²) < 4.78 is 10.1. The molecule has 0 aliphatic rings. The number of nitrogens with one attached hydrogen (secondary N) is 2. The molecule has 2 aromatic carbocycles. The SMILES string of the molecule is COC(=O)[C@H](Cc1ccccc1)NC(=O)[C@H](O)[C@H](/C=C/c1ccccc1)NC(=O)OC(C)(C)C. The van der Waals surface area contributed by atoms with Crippen molar-refractivity contribution < 1.29 is 29.0 Å². The van der Waals surface area contributed by atoms with Crippen LogP contribution in [0.3, 0.4) is 0 Å². The van der Waals surface area contributed by atoms with Gasteiger partial charge in [0.25, 0.3) is 5.91 Å². The molecule has 0 spiro atoms. The first-order chi connectivity index (χ1) is 16.1. The number of benzene rings is 2. The molecule has 3 N–H and O–H groups in total. The standard InChI is InChI=1S/C26H32N2O6/c1-26(2,3)34-25(32)28-20(16-15-18-11-7-5-8-12-18)22(29)23(30)27-21(24(31)33-4)17-19-13-9-6-10-14-19/h5-16,20-22,29H,17H2,1-4H3,(H,27,30)(H,28,32)/b16-15+/t20-,21-,22+/m0/s1. The number of hydrogen-bond donors (Lipinski definition) is 3. The van der Waals surface area contributed by atoms with E-state index in [4.69, 9.17) is 9.47 Å². The van der Waals surface area contributed by atoms with Crippen molar-refractivity contribution in [3.63, 3.8) is 0 Å². The normalized spacial score (nSPS) is 14.0. The summed E-state index contributed by atoms with van der Waals surface area (Å²) in [6, 6.07) is 16.2. The summed E-state index contributed by atoms with van der Waals surface area (Å²) in [7, 11) is 1.22. The maximum absolute atomic E-state index is 12.9. The molecule has 3 atom stereocenters. The van der Waals surface area contributed by atoms with Crippen molar-refractivity contribution in [2.75, 3.05) is 7.11 Å². The molecule has 34 heavy (non-hydrogen) atoms. The van der Waals surface area contributed by atoms with Gasteiger partial charge in [0, 0.05) is 6.42 Å². The molecule has 0 radical (unpaired) electrons. The van der Waals surface area contributed by atoms with Crippen molar-refractivity contribution in [3.05, 3.63) is 77.9 Å². The van der Waals surface area contributed by atoms with Crippen LogP contribution >= 0.6 is 0 Å². The third kappa shape index (κ3) is 9.07. The van der Waals surface area contributed by atoms with E-state index in [1.807, 2.05) is 60.7 Å². The number of aliphatic hydroxyl groups is 1. The highest BCUT2D eigenvalue weighted by molar-refractivity contribution is 5.88. The molecule has 0 aromatic heterocycles. The predicted molar refractivity (Wildman–Crippen MR) is 129 cm³/mol. The minimum absolute atomic E-state index is 0.177. The molecule has 0 fully saturated rings. The summed E-state index contributed by atoms with van der Waals surface area (Å²) in [5.41, 5.74) is 0.846. The zero-order valence-electron chi connectivity index (χ0n) is 19.9. The van der Waals surface area contributed by atoms with Gasteiger partial charge in [-0.05, 0) is 31.9 Å². The Bertz CT molecular complexity index is 970. The van der Waals surface area contributed by atoms with Crippen LogP contribution in [0.1, 0.15) is 31.9 Å². The van der Waals surface area contributed by atoms with E-state index < -0.39 is 41.8 Å². The summed E-state index contributed by atoms with van der Waals surface area (Å²) in [6.45, 7) is 5.11. The molecular weight excluding hydrogens is 436 g/mol. The topological polar surface area (TPSA) is 114 Å². The molecule has 182 valence electrons. The van der Waals surface area contributed by atoms with E-state index in [1.54, 1.807) is 26.8 Å². The predicted octanol–water partition coefficient (Wildman–Crippen LogP) is 2.85. The second-order valence-corrected chi connectivity index (χ2v) is 8.66. The molecule has 0 heterocycles. The van der Waals surface area contributed by atoms with Crippen molar-refractivity contribution in [3.8, 4) is 0 Å². The van der Waals surface area contributed by atoms with Crippen LogP contribution in [0.15, 0.2) is 66.7 Å². The van der Waals surface area contributed by atoms with Gasteiger partial charge in [-0.2, -0.15) is 0 Å². The highest BCUT2D eigenvalue weighted by atomic mass is 16.6. The Morgan fingerprint density at radius 1 is 0.971 bits per heavy atom. The van der Waals surface area contributed by atoms with E-state index in [0.717, 1.165) is 11.1 Å². The molecule has 2 aromatic rings. The van der Waals surface area contributed by atoms with E-state index >= 15 is 0 Å². The third-order valence-electron chi connectivity index (χ3n) is 4.67. The van der Waals surface area contributed by atoms with Crippen LogP contribution in [0.2, 0.25) is 0 Å². The number of carbonyl (C=O) groups is 3. The summed E-state index contributed by atoms with van der Waals surface area (Å²) in [4.78, 5) is 37.5. The van der Waals surface area contributed by atoms with Gasteiger partial charge < -0.3 is 25.2 Å². The highest BCUT2D eigenvalue weighted by Crippen LogP contribution is 2.10. The molecule has 0 saturated heterocycles.